The Kier molecular flexibility index (Phi) is 3.77. The van der Waals surface area contributed by atoms with Crippen LogP contribution in [0.3, 0.4) is 0 Å². The minimum atomic E-state index is 0.354. The van der Waals surface area contributed by atoms with Crippen LogP contribution in [0.15, 0.2) is 36.8 Å². The van der Waals surface area contributed by atoms with Crippen LogP contribution < -0.4 is 4.74 Å². The van der Waals surface area contributed by atoms with Crippen molar-refractivity contribution < 1.29 is 9.53 Å². The topological polar surface area (TPSA) is 44.1 Å². The number of carbonyl (C=O) groups excluding carboxylic acids is 1. The fourth-order valence-corrected chi connectivity index (χ4v) is 1.74. The van der Waals surface area contributed by atoms with Crippen molar-refractivity contribution >= 4 is 6.29 Å². The molecule has 0 spiro atoms. The number of aromatic nitrogens is 2. The summed E-state index contributed by atoms with van der Waals surface area (Å²) in [5.41, 5.74) is 1.63. The van der Waals surface area contributed by atoms with Crippen molar-refractivity contribution in [2.45, 2.75) is 26.5 Å². The van der Waals surface area contributed by atoms with E-state index in [1.807, 2.05) is 6.07 Å². The second-order valence-corrected chi connectivity index (χ2v) is 4.37. The average molecular weight is 244 g/mol. The summed E-state index contributed by atoms with van der Waals surface area (Å²) in [5.74, 6) is 0.691. The molecule has 0 saturated heterocycles. The van der Waals surface area contributed by atoms with Gasteiger partial charge in [0.1, 0.15) is 18.6 Å². The van der Waals surface area contributed by atoms with Crippen molar-refractivity contribution in [2.75, 3.05) is 0 Å². The van der Waals surface area contributed by atoms with Crippen LogP contribution >= 0.6 is 0 Å². The minimum Gasteiger partial charge on any atom is -0.487 e. The zero-order valence-corrected chi connectivity index (χ0v) is 10.5. The van der Waals surface area contributed by atoms with Crippen molar-refractivity contribution in [2.24, 2.45) is 0 Å². The Morgan fingerprint density at radius 2 is 2.28 bits per heavy atom. The van der Waals surface area contributed by atoms with Crippen molar-refractivity contribution in [3.05, 3.63) is 48.0 Å². The molecule has 0 aliphatic carbocycles. The average Bonchev–Trinajstić information content (AvgIpc) is 2.85. The molecule has 0 aliphatic rings. The fraction of sp³-hybridized carbons (Fsp3) is 0.286. The molecule has 0 amide bonds. The number of aldehydes is 1. The lowest BCUT2D eigenvalue weighted by atomic mass is 10.2. The molecule has 0 unspecified atom stereocenters. The lowest BCUT2D eigenvalue weighted by Crippen LogP contribution is -2.07. The summed E-state index contributed by atoms with van der Waals surface area (Å²) in [6.45, 7) is 4.64. The largest absolute Gasteiger partial charge is 0.487 e. The highest BCUT2D eigenvalue weighted by molar-refractivity contribution is 5.75. The maximum Gasteiger partial charge on any atom is 0.150 e. The van der Waals surface area contributed by atoms with Gasteiger partial charge in [-0.05, 0) is 26.0 Å². The molecular weight excluding hydrogens is 228 g/mol. The van der Waals surface area contributed by atoms with Gasteiger partial charge in [-0.15, -0.1) is 0 Å². The van der Waals surface area contributed by atoms with Crippen LogP contribution in [-0.2, 0) is 6.61 Å². The standard InChI is InChI=1S/C14H16N2O2/c1-11(2)16-10-15-7-13(16)9-18-14-5-3-4-12(6-14)8-17/h3-8,10-11H,9H2,1-2H3. The summed E-state index contributed by atoms with van der Waals surface area (Å²) in [7, 11) is 0. The number of nitrogens with zero attached hydrogens (tertiary/aromatic N) is 2. The van der Waals surface area contributed by atoms with Gasteiger partial charge in [0, 0.05) is 11.6 Å². The van der Waals surface area contributed by atoms with Crippen molar-refractivity contribution in [3.8, 4) is 5.75 Å². The van der Waals surface area contributed by atoms with Crippen LogP contribution in [0.2, 0.25) is 0 Å². The quantitative estimate of drug-likeness (QED) is 0.760. The van der Waals surface area contributed by atoms with E-state index in [2.05, 4.69) is 23.4 Å². The van der Waals surface area contributed by atoms with Crippen LogP contribution in [0.5, 0.6) is 5.75 Å². The Bertz CT molecular complexity index is 532. The normalized spacial score (nSPS) is 10.6. The zero-order chi connectivity index (χ0) is 13.0. The molecule has 0 N–H and O–H groups in total. The Labute approximate surface area is 106 Å². The SMILES string of the molecule is CC(C)n1cncc1COc1cccc(C=O)c1. The Morgan fingerprint density at radius 1 is 1.44 bits per heavy atom. The fourth-order valence-electron chi connectivity index (χ4n) is 1.74. The lowest BCUT2D eigenvalue weighted by molar-refractivity contribution is 0.112. The summed E-state index contributed by atoms with van der Waals surface area (Å²) in [6.07, 6.45) is 4.40. The predicted molar refractivity (Wildman–Crippen MR) is 68.8 cm³/mol. The molecule has 0 atom stereocenters. The molecular formula is C14H16N2O2. The highest BCUT2D eigenvalue weighted by Gasteiger charge is 2.06. The Balaban J connectivity index is 2.06. The van der Waals surface area contributed by atoms with Gasteiger partial charge in [0.05, 0.1) is 18.2 Å². The van der Waals surface area contributed by atoms with Crippen molar-refractivity contribution in [1.29, 1.82) is 0 Å². The molecule has 0 saturated carbocycles. The molecule has 94 valence electrons. The molecule has 0 bridgehead atoms. The van der Waals surface area contributed by atoms with Gasteiger partial charge in [0.15, 0.2) is 0 Å². The first-order valence-corrected chi connectivity index (χ1v) is 5.89. The van der Waals surface area contributed by atoms with Gasteiger partial charge in [-0.3, -0.25) is 4.79 Å². The minimum absolute atomic E-state index is 0.354. The summed E-state index contributed by atoms with van der Waals surface area (Å²) >= 11 is 0. The van der Waals surface area contributed by atoms with Crippen LogP contribution in [-0.4, -0.2) is 15.8 Å². The molecule has 1 heterocycles. The van der Waals surface area contributed by atoms with Crippen molar-refractivity contribution in [1.82, 2.24) is 9.55 Å². The van der Waals surface area contributed by atoms with Crippen LogP contribution in [0.4, 0.5) is 0 Å². The van der Waals surface area contributed by atoms with E-state index in [1.165, 1.54) is 0 Å². The smallest absolute Gasteiger partial charge is 0.150 e. The maximum atomic E-state index is 10.7. The van der Waals surface area contributed by atoms with Gasteiger partial charge in [-0.2, -0.15) is 0 Å². The van der Waals surface area contributed by atoms with E-state index in [9.17, 15) is 4.79 Å². The summed E-state index contributed by atoms with van der Waals surface area (Å²) < 4.78 is 7.72. The van der Waals surface area contributed by atoms with Crippen LogP contribution in [0, 0.1) is 0 Å². The molecule has 0 aliphatic heterocycles. The van der Waals surface area contributed by atoms with Gasteiger partial charge in [0.2, 0.25) is 0 Å². The number of ether oxygens (including phenoxy) is 1. The van der Waals surface area contributed by atoms with Crippen LogP contribution in [0.25, 0.3) is 0 Å². The molecule has 1 aromatic heterocycles. The van der Waals surface area contributed by atoms with Crippen molar-refractivity contribution in [3.63, 3.8) is 0 Å². The van der Waals surface area contributed by atoms with E-state index in [4.69, 9.17) is 4.74 Å². The Hall–Kier alpha value is -2.10. The van der Waals surface area contributed by atoms with Gasteiger partial charge in [0.25, 0.3) is 0 Å². The van der Waals surface area contributed by atoms with Gasteiger partial charge < -0.3 is 9.30 Å². The van der Waals surface area contributed by atoms with Crippen LogP contribution in [0.1, 0.15) is 35.9 Å². The van der Waals surface area contributed by atoms with Gasteiger partial charge >= 0.3 is 0 Å². The number of hydrogen-bond acceptors (Lipinski definition) is 3. The molecule has 2 rings (SSSR count). The van der Waals surface area contributed by atoms with E-state index in [-0.39, 0.29) is 0 Å². The second-order valence-electron chi connectivity index (χ2n) is 4.37. The number of rotatable bonds is 5. The second kappa shape index (κ2) is 5.49. The summed E-state index contributed by atoms with van der Waals surface area (Å²) in [4.78, 5) is 14.8. The first kappa shape index (κ1) is 12.4. The molecule has 4 heteroatoms. The van der Waals surface area contributed by atoms with E-state index >= 15 is 0 Å². The third-order valence-corrected chi connectivity index (χ3v) is 2.68. The lowest BCUT2D eigenvalue weighted by Gasteiger charge is -2.12. The number of carbonyl (C=O) groups is 1. The molecule has 2 aromatic rings. The number of hydrogen-bond donors (Lipinski definition) is 0. The molecule has 0 fully saturated rings. The molecule has 4 nitrogen and oxygen atoms in total. The highest BCUT2D eigenvalue weighted by atomic mass is 16.5. The zero-order valence-electron chi connectivity index (χ0n) is 10.5. The summed E-state index contributed by atoms with van der Waals surface area (Å²) in [6, 6.07) is 7.47. The van der Waals surface area contributed by atoms with E-state index < -0.39 is 0 Å². The third-order valence-electron chi connectivity index (χ3n) is 2.68. The molecule has 1 aromatic carbocycles. The Morgan fingerprint density at radius 3 is 3.00 bits per heavy atom. The maximum absolute atomic E-state index is 10.7. The van der Waals surface area contributed by atoms with E-state index in [0.29, 0.717) is 24.0 Å². The van der Waals surface area contributed by atoms with Gasteiger partial charge in [-0.25, -0.2) is 4.98 Å². The van der Waals surface area contributed by atoms with E-state index in [0.717, 1.165) is 12.0 Å². The summed E-state index contributed by atoms with van der Waals surface area (Å²) in [5, 5.41) is 0. The molecule has 0 radical (unpaired) electrons. The molecule has 18 heavy (non-hydrogen) atoms. The number of benzene rings is 1. The van der Waals surface area contributed by atoms with Gasteiger partial charge in [-0.1, -0.05) is 12.1 Å². The monoisotopic (exact) mass is 244 g/mol. The highest BCUT2D eigenvalue weighted by Crippen LogP contribution is 2.15. The first-order valence-electron chi connectivity index (χ1n) is 5.89. The van der Waals surface area contributed by atoms with E-state index in [1.54, 1.807) is 30.7 Å². The number of imidazole rings is 1. The predicted octanol–water partition coefficient (Wildman–Crippen LogP) is 2.86. The first-order chi connectivity index (χ1) is 8.70. The third kappa shape index (κ3) is 2.77.